The average molecular weight is 246 g/mol. The van der Waals surface area contributed by atoms with Crippen LogP contribution in [-0.4, -0.2) is 21.2 Å². The summed E-state index contributed by atoms with van der Waals surface area (Å²) >= 11 is 0. The Kier molecular flexibility index (Phi) is 3.72. The van der Waals surface area contributed by atoms with Gasteiger partial charge < -0.3 is 9.63 Å². The average Bonchev–Trinajstić information content (AvgIpc) is 2.74. The number of carbonyl (C=O) groups is 1. The molecule has 0 aliphatic heterocycles. The van der Waals surface area contributed by atoms with Crippen LogP contribution in [0, 0.1) is 6.92 Å². The molecular weight excluding hydrogens is 232 g/mol. The van der Waals surface area contributed by atoms with Crippen LogP contribution in [0.15, 0.2) is 28.8 Å². The first-order valence-electron chi connectivity index (χ1n) is 5.72. The van der Waals surface area contributed by atoms with Gasteiger partial charge in [-0.25, -0.2) is 0 Å². The second kappa shape index (κ2) is 5.44. The molecule has 0 spiro atoms. The van der Waals surface area contributed by atoms with Gasteiger partial charge in [-0.05, 0) is 12.5 Å². The lowest BCUT2D eigenvalue weighted by molar-refractivity contribution is -0.137. The summed E-state index contributed by atoms with van der Waals surface area (Å²) in [5.74, 6) is 0.0921. The summed E-state index contributed by atoms with van der Waals surface area (Å²) in [4.78, 5) is 14.6. The van der Waals surface area contributed by atoms with Gasteiger partial charge in [-0.15, -0.1) is 0 Å². The molecule has 0 amide bonds. The highest BCUT2D eigenvalue weighted by Crippen LogP contribution is 2.09. The van der Waals surface area contributed by atoms with Crippen LogP contribution < -0.4 is 0 Å². The molecule has 1 aromatic heterocycles. The van der Waals surface area contributed by atoms with Gasteiger partial charge in [0.1, 0.15) is 0 Å². The topological polar surface area (TPSA) is 76.2 Å². The minimum absolute atomic E-state index is 0.00603. The van der Waals surface area contributed by atoms with Crippen molar-refractivity contribution in [2.45, 2.75) is 26.2 Å². The molecule has 1 N–H and O–H groups in total. The maximum atomic E-state index is 10.4. The molecule has 0 saturated heterocycles. The first-order valence-corrected chi connectivity index (χ1v) is 5.72. The van der Waals surface area contributed by atoms with E-state index in [2.05, 4.69) is 16.2 Å². The highest BCUT2D eigenvalue weighted by molar-refractivity contribution is 5.66. The fourth-order valence-corrected chi connectivity index (χ4v) is 1.68. The Balaban J connectivity index is 2.00. The Labute approximate surface area is 104 Å². The fraction of sp³-hybridized carbons (Fsp3) is 0.308. The third kappa shape index (κ3) is 3.41. The van der Waals surface area contributed by atoms with Crippen molar-refractivity contribution in [2.75, 3.05) is 0 Å². The molecule has 1 aromatic carbocycles. The van der Waals surface area contributed by atoms with Gasteiger partial charge in [0.25, 0.3) is 0 Å². The van der Waals surface area contributed by atoms with Crippen molar-refractivity contribution in [2.24, 2.45) is 0 Å². The maximum Gasteiger partial charge on any atom is 0.303 e. The van der Waals surface area contributed by atoms with E-state index in [0.717, 1.165) is 5.56 Å². The fourth-order valence-electron chi connectivity index (χ4n) is 1.68. The van der Waals surface area contributed by atoms with Gasteiger partial charge in [0, 0.05) is 12.8 Å². The summed E-state index contributed by atoms with van der Waals surface area (Å²) in [7, 11) is 0. The van der Waals surface area contributed by atoms with E-state index in [0.29, 0.717) is 18.1 Å². The lowest BCUT2D eigenvalue weighted by Gasteiger charge is -1.97. The second-order valence-electron chi connectivity index (χ2n) is 4.16. The summed E-state index contributed by atoms with van der Waals surface area (Å²) in [6.45, 7) is 2.03. The largest absolute Gasteiger partial charge is 0.481 e. The van der Waals surface area contributed by atoms with Crippen molar-refractivity contribution >= 4 is 5.97 Å². The van der Waals surface area contributed by atoms with Crippen LogP contribution in [0.5, 0.6) is 0 Å². The standard InChI is InChI=1S/C13H14N2O3/c1-9-3-2-4-10(7-9)8-11-14-12(18-15-11)5-6-13(16)17/h2-4,7H,5-6,8H2,1H3,(H,16,17). The van der Waals surface area contributed by atoms with Gasteiger partial charge in [0.05, 0.1) is 6.42 Å². The number of nitrogens with zero attached hydrogens (tertiary/aromatic N) is 2. The number of hydrogen-bond acceptors (Lipinski definition) is 4. The zero-order chi connectivity index (χ0) is 13.0. The first kappa shape index (κ1) is 12.3. The molecule has 0 unspecified atom stereocenters. The van der Waals surface area contributed by atoms with Crippen molar-refractivity contribution in [3.8, 4) is 0 Å². The molecule has 0 aliphatic carbocycles. The van der Waals surface area contributed by atoms with Crippen molar-refractivity contribution < 1.29 is 14.4 Å². The zero-order valence-electron chi connectivity index (χ0n) is 10.1. The van der Waals surface area contributed by atoms with Crippen LogP contribution in [0.4, 0.5) is 0 Å². The van der Waals surface area contributed by atoms with E-state index in [-0.39, 0.29) is 12.8 Å². The van der Waals surface area contributed by atoms with E-state index in [9.17, 15) is 4.79 Å². The van der Waals surface area contributed by atoms with E-state index in [1.807, 2.05) is 25.1 Å². The Hall–Kier alpha value is -2.17. The summed E-state index contributed by atoms with van der Waals surface area (Å²) in [6.07, 6.45) is 0.875. The quantitative estimate of drug-likeness (QED) is 0.873. The number of carboxylic acid groups (broad SMARTS) is 1. The predicted molar refractivity (Wildman–Crippen MR) is 64.2 cm³/mol. The van der Waals surface area contributed by atoms with Gasteiger partial charge in [-0.1, -0.05) is 35.0 Å². The van der Waals surface area contributed by atoms with Crippen LogP contribution in [-0.2, 0) is 17.6 Å². The van der Waals surface area contributed by atoms with Crippen LogP contribution in [0.3, 0.4) is 0 Å². The SMILES string of the molecule is Cc1cccc(Cc2noc(CCC(=O)O)n2)c1. The lowest BCUT2D eigenvalue weighted by atomic mass is 10.1. The number of carboxylic acids is 1. The van der Waals surface area contributed by atoms with Crippen molar-refractivity contribution in [1.82, 2.24) is 10.1 Å². The van der Waals surface area contributed by atoms with Gasteiger partial charge in [0.15, 0.2) is 5.82 Å². The molecule has 5 nitrogen and oxygen atoms in total. The molecular formula is C13H14N2O3. The number of aliphatic carboxylic acids is 1. The van der Waals surface area contributed by atoms with E-state index in [4.69, 9.17) is 9.63 Å². The van der Waals surface area contributed by atoms with Gasteiger partial charge in [-0.3, -0.25) is 4.79 Å². The molecule has 0 aliphatic rings. The third-order valence-electron chi connectivity index (χ3n) is 2.51. The van der Waals surface area contributed by atoms with Crippen molar-refractivity contribution in [3.63, 3.8) is 0 Å². The zero-order valence-corrected chi connectivity index (χ0v) is 10.1. The Bertz CT molecular complexity index is 549. The molecule has 5 heteroatoms. The third-order valence-corrected chi connectivity index (χ3v) is 2.51. The molecule has 0 saturated carbocycles. The van der Waals surface area contributed by atoms with Crippen LogP contribution in [0.25, 0.3) is 0 Å². The summed E-state index contributed by atoms with van der Waals surface area (Å²) < 4.78 is 4.99. The number of aryl methyl sites for hydroxylation is 2. The van der Waals surface area contributed by atoms with Gasteiger partial charge >= 0.3 is 5.97 Å². The minimum atomic E-state index is -0.867. The van der Waals surface area contributed by atoms with E-state index in [1.165, 1.54) is 5.56 Å². The Morgan fingerprint density at radius 2 is 2.28 bits per heavy atom. The highest BCUT2D eigenvalue weighted by atomic mass is 16.5. The van der Waals surface area contributed by atoms with Crippen molar-refractivity contribution in [1.29, 1.82) is 0 Å². The number of aromatic nitrogens is 2. The normalized spacial score (nSPS) is 10.5. The molecule has 94 valence electrons. The smallest absolute Gasteiger partial charge is 0.303 e. The molecule has 18 heavy (non-hydrogen) atoms. The van der Waals surface area contributed by atoms with E-state index in [1.54, 1.807) is 0 Å². The monoisotopic (exact) mass is 246 g/mol. The molecule has 1 heterocycles. The van der Waals surface area contributed by atoms with Crippen LogP contribution >= 0.6 is 0 Å². The molecule has 0 radical (unpaired) electrons. The minimum Gasteiger partial charge on any atom is -0.481 e. The van der Waals surface area contributed by atoms with E-state index >= 15 is 0 Å². The van der Waals surface area contributed by atoms with Crippen molar-refractivity contribution in [3.05, 3.63) is 47.1 Å². The van der Waals surface area contributed by atoms with Crippen LogP contribution in [0.1, 0.15) is 29.3 Å². The maximum absolute atomic E-state index is 10.4. The summed E-state index contributed by atoms with van der Waals surface area (Å²) in [5.41, 5.74) is 2.29. The Morgan fingerprint density at radius 3 is 3.00 bits per heavy atom. The molecule has 0 bridgehead atoms. The van der Waals surface area contributed by atoms with Gasteiger partial charge in [-0.2, -0.15) is 4.98 Å². The molecule has 0 fully saturated rings. The molecule has 2 rings (SSSR count). The molecule has 2 aromatic rings. The number of rotatable bonds is 5. The Morgan fingerprint density at radius 1 is 1.44 bits per heavy atom. The predicted octanol–water partition coefficient (Wildman–Crippen LogP) is 1.99. The summed E-state index contributed by atoms with van der Waals surface area (Å²) in [6, 6.07) is 8.07. The van der Waals surface area contributed by atoms with Gasteiger partial charge in [0.2, 0.25) is 5.89 Å². The molecule has 0 atom stereocenters. The van der Waals surface area contributed by atoms with E-state index < -0.39 is 5.97 Å². The summed E-state index contributed by atoms with van der Waals surface area (Å²) in [5, 5.41) is 12.4. The number of benzene rings is 1. The first-order chi connectivity index (χ1) is 8.63. The number of hydrogen-bond donors (Lipinski definition) is 1. The highest BCUT2D eigenvalue weighted by Gasteiger charge is 2.08. The second-order valence-corrected chi connectivity index (χ2v) is 4.16. The van der Waals surface area contributed by atoms with Crippen LogP contribution in [0.2, 0.25) is 0 Å². The lowest BCUT2D eigenvalue weighted by Crippen LogP contribution is -1.98.